The van der Waals surface area contributed by atoms with Gasteiger partial charge in [-0.1, -0.05) is 19.1 Å². The first-order valence-corrected chi connectivity index (χ1v) is 6.25. The van der Waals surface area contributed by atoms with E-state index in [1.165, 1.54) is 5.56 Å². The Hall–Kier alpha value is -1.10. The van der Waals surface area contributed by atoms with Crippen LogP contribution in [0, 0.1) is 0 Å². The number of aliphatic hydroxyl groups is 1. The molecule has 0 aromatic heterocycles. The molecule has 18 heavy (non-hydrogen) atoms. The van der Waals surface area contributed by atoms with Crippen molar-refractivity contribution in [3.8, 4) is 5.75 Å². The minimum absolute atomic E-state index is 0.238. The van der Waals surface area contributed by atoms with E-state index >= 15 is 0 Å². The van der Waals surface area contributed by atoms with Gasteiger partial charge in [0.1, 0.15) is 5.75 Å². The fourth-order valence-corrected chi connectivity index (χ4v) is 1.86. The number of benzene rings is 1. The molecule has 4 heteroatoms. The van der Waals surface area contributed by atoms with Gasteiger partial charge in [-0.25, -0.2) is 0 Å². The maximum absolute atomic E-state index is 9.62. The molecule has 2 N–H and O–H groups in total. The number of methoxy groups -OCH3 is 2. The summed E-state index contributed by atoms with van der Waals surface area (Å²) in [5.41, 5.74) is 1.20. The van der Waals surface area contributed by atoms with Gasteiger partial charge in [-0.3, -0.25) is 0 Å². The molecule has 0 amide bonds. The third-order valence-corrected chi connectivity index (χ3v) is 2.89. The van der Waals surface area contributed by atoms with Crippen molar-refractivity contribution in [2.75, 3.05) is 27.4 Å². The molecule has 1 aromatic rings. The average molecular weight is 253 g/mol. The van der Waals surface area contributed by atoms with Crippen LogP contribution < -0.4 is 10.1 Å². The highest BCUT2D eigenvalue weighted by molar-refractivity contribution is 5.29. The first-order chi connectivity index (χ1) is 8.71. The van der Waals surface area contributed by atoms with Crippen LogP contribution in [0.4, 0.5) is 0 Å². The van der Waals surface area contributed by atoms with Gasteiger partial charge in [0.25, 0.3) is 0 Å². The number of hydrogen-bond acceptors (Lipinski definition) is 4. The molecule has 0 aliphatic rings. The summed E-state index contributed by atoms with van der Waals surface area (Å²) in [5.74, 6) is 0.855. The lowest BCUT2D eigenvalue weighted by Gasteiger charge is -2.20. The van der Waals surface area contributed by atoms with Crippen LogP contribution >= 0.6 is 0 Å². The van der Waals surface area contributed by atoms with Crippen LogP contribution in [0.15, 0.2) is 24.3 Å². The van der Waals surface area contributed by atoms with Crippen LogP contribution in [0.1, 0.15) is 24.9 Å². The van der Waals surface area contributed by atoms with Gasteiger partial charge in [-0.2, -0.15) is 0 Å². The topological polar surface area (TPSA) is 50.7 Å². The molecule has 2 atom stereocenters. The van der Waals surface area contributed by atoms with E-state index in [0.717, 1.165) is 12.2 Å². The molecule has 0 fully saturated rings. The average Bonchev–Trinajstić information content (AvgIpc) is 2.40. The van der Waals surface area contributed by atoms with E-state index in [1.54, 1.807) is 14.2 Å². The van der Waals surface area contributed by atoms with Gasteiger partial charge in [-0.05, 0) is 24.1 Å². The summed E-state index contributed by atoms with van der Waals surface area (Å²) in [6.45, 7) is 3.00. The normalized spacial score (nSPS) is 14.2. The Bertz CT molecular complexity index is 326. The molecule has 0 aliphatic carbocycles. The summed E-state index contributed by atoms with van der Waals surface area (Å²) < 4.78 is 10.0. The maximum atomic E-state index is 9.62. The quantitative estimate of drug-likeness (QED) is 0.741. The lowest BCUT2D eigenvalue weighted by Crippen LogP contribution is -2.32. The van der Waals surface area contributed by atoms with Crippen molar-refractivity contribution in [1.82, 2.24) is 5.32 Å². The molecule has 0 radical (unpaired) electrons. The molecule has 0 heterocycles. The van der Waals surface area contributed by atoms with Gasteiger partial charge in [0.05, 0.1) is 19.8 Å². The van der Waals surface area contributed by atoms with Crippen LogP contribution in [0.25, 0.3) is 0 Å². The van der Waals surface area contributed by atoms with Crippen molar-refractivity contribution in [2.24, 2.45) is 0 Å². The maximum Gasteiger partial charge on any atom is 0.118 e. The second-order valence-electron chi connectivity index (χ2n) is 4.25. The number of rotatable bonds is 8. The third kappa shape index (κ3) is 4.64. The zero-order chi connectivity index (χ0) is 13.4. The molecule has 1 rings (SSSR count). The number of hydrogen-bond donors (Lipinski definition) is 2. The molecular weight excluding hydrogens is 230 g/mol. The van der Waals surface area contributed by atoms with E-state index in [9.17, 15) is 5.11 Å². The molecule has 0 aliphatic heterocycles. The Kier molecular flexibility index (Phi) is 6.72. The fourth-order valence-electron chi connectivity index (χ4n) is 1.86. The molecule has 1 aromatic carbocycles. The van der Waals surface area contributed by atoms with E-state index in [1.807, 2.05) is 24.3 Å². The number of nitrogens with one attached hydrogen (secondary N) is 1. The van der Waals surface area contributed by atoms with Crippen molar-refractivity contribution in [3.05, 3.63) is 29.8 Å². The largest absolute Gasteiger partial charge is 0.497 e. The van der Waals surface area contributed by atoms with Crippen molar-refractivity contribution in [1.29, 1.82) is 0 Å². The molecule has 4 nitrogen and oxygen atoms in total. The summed E-state index contributed by atoms with van der Waals surface area (Å²) in [6.07, 6.45) is 0.494. The Balaban J connectivity index is 2.53. The van der Waals surface area contributed by atoms with Crippen molar-refractivity contribution in [2.45, 2.75) is 25.5 Å². The van der Waals surface area contributed by atoms with Crippen LogP contribution in [0.3, 0.4) is 0 Å². The van der Waals surface area contributed by atoms with E-state index in [0.29, 0.717) is 13.2 Å². The Morgan fingerprint density at radius 2 is 1.89 bits per heavy atom. The van der Waals surface area contributed by atoms with E-state index in [-0.39, 0.29) is 6.04 Å². The highest BCUT2D eigenvalue weighted by Gasteiger charge is 2.11. The summed E-state index contributed by atoms with van der Waals surface area (Å²) >= 11 is 0. The minimum atomic E-state index is -0.470. The molecular formula is C14H23NO3. The highest BCUT2D eigenvalue weighted by Crippen LogP contribution is 2.19. The monoisotopic (exact) mass is 253 g/mol. The van der Waals surface area contributed by atoms with E-state index in [4.69, 9.17) is 9.47 Å². The van der Waals surface area contributed by atoms with Gasteiger partial charge in [-0.15, -0.1) is 0 Å². The van der Waals surface area contributed by atoms with E-state index in [2.05, 4.69) is 12.2 Å². The molecule has 0 saturated carbocycles. The SMILES string of the molecule is CCC(NCC(O)COC)c1ccc(OC)cc1. The Morgan fingerprint density at radius 3 is 2.39 bits per heavy atom. The van der Waals surface area contributed by atoms with Crippen LogP contribution in [0.5, 0.6) is 5.75 Å². The van der Waals surface area contributed by atoms with E-state index < -0.39 is 6.10 Å². The van der Waals surface area contributed by atoms with Gasteiger partial charge >= 0.3 is 0 Å². The molecule has 102 valence electrons. The van der Waals surface area contributed by atoms with Gasteiger partial charge < -0.3 is 19.9 Å². The predicted molar refractivity (Wildman–Crippen MR) is 71.9 cm³/mol. The number of ether oxygens (including phenoxy) is 2. The first kappa shape index (κ1) is 15.0. The Morgan fingerprint density at radius 1 is 1.22 bits per heavy atom. The smallest absolute Gasteiger partial charge is 0.118 e. The highest BCUT2D eigenvalue weighted by atomic mass is 16.5. The molecule has 0 saturated heterocycles. The minimum Gasteiger partial charge on any atom is -0.497 e. The molecule has 0 spiro atoms. The molecule has 0 bridgehead atoms. The van der Waals surface area contributed by atoms with Crippen molar-refractivity contribution >= 4 is 0 Å². The second kappa shape index (κ2) is 8.08. The lowest BCUT2D eigenvalue weighted by atomic mass is 10.0. The van der Waals surface area contributed by atoms with Gasteiger partial charge in [0.2, 0.25) is 0 Å². The zero-order valence-corrected chi connectivity index (χ0v) is 11.3. The van der Waals surface area contributed by atoms with Crippen LogP contribution in [-0.4, -0.2) is 38.6 Å². The summed E-state index contributed by atoms with van der Waals surface area (Å²) in [5, 5.41) is 13.0. The van der Waals surface area contributed by atoms with Gasteiger partial charge in [0.15, 0.2) is 0 Å². The Labute approximate surface area is 109 Å². The standard InChI is InChI=1S/C14H23NO3/c1-4-14(15-9-12(16)10-17-2)11-5-7-13(18-3)8-6-11/h5-8,12,14-16H,4,9-10H2,1-3H3. The summed E-state index contributed by atoms with van der Waals surface area (Å²) in [7, 11) is 3.25. The van der Waals surface area contributed by atoms with Gasteiger partial charge in [0, 0.05) is 19.7 Å². The van der Waals surface area contributed by atoms with Crippen LogP contribution in [-0.2, 0) is 4.74 Å². The van der Waals surface area contributed by atoms with Crippen molar-refractivity contribution < 1.29 is 14.6 Å². The van der Waals surface area contributed by atoms with Crippen molar-refractivity contribution in [3.63, 3.8) is 0 Å². The second-order valence-corrected chi connectivity index (χ2v) is 4.25. The molecule has 2 unspecified atom stereocenters. The van der Waals surface area contributed by atoms with Crippen LogP contribution in [0.2, 0.25) is 0 Å². The number of aliphatic hydroxyl groups excluding tert-OH is 1. The fraction of sp³-hybridized carbons (Fsp3) is 0.571. The lowest BCUT2D eigenvalue weighted by molar-refractivity contribution is 0.0626. The zero-order valence-electron chi connectivity index (χ0n) is 11.3. The third-order valence-electron chi connectivity index (χ3n) is 2.89. The first-order valence-electron chi connectivity index (χ1n) is 6.25. The summed E-state index contributed by atoms with van der Waals surface area (Å²) in [6, 6.07) is 8.23. The summed E-state index contributed by atoms with van der Waals surface area (Å²) in [4.78, 5) is 0. The predicted octanol–water partition coefficient (Wildman–Crippen LogP) is 1.74.